The van der Waals surface area contributed by atoms with Gasteiger partial charge < -0.3 is 20.3 Å². The maximum absolute atomic E-state index is 12.9. The number of ether oxygens (including phenoxy) is 1. The average molecular weight is 338 g/mol. The van der Waals surface area contributed by atoms with E-state index >= 15 is 0 Å². The van der Waals surface area contributed by atoms with E-state index in [1.807, 2.05) is 4.90 Å². The number of rotatable bonds is 1. The second-order valence-electron chi connectivity index (χ2n) is 6.14. The van der Waals surface area contributed by atoms with Gasteiger partial charge in [-0.05, 0) is 44.0 Å². The maximum atomic E-state index is 12.9. The highest BCUT2D eigenvalue weighted by Crippen LogP contribution is 2.32. The summed E-state index contributed by atoms with van der Waals surface area (Å²) in [6, 6.07) is 5.89. The molecule has 2 bridgehead atoms. The summed E-state index contributed by atoms with van der Waals surface area (Å²) in [6.45, 7) is 1.87. The molecular weight excluding hydrogens is 318 g/mol. The van der Waals surface area contributed by atoms with E-state index in [1.54, 1.807) is 18.2 Å². The molecule has 2 unspecified atom stereocenters. The Balaban J connectivity index is 0.00000156. The van der Waals surface area contributed by atoms with Gasteiger partial charge >= 0.3 is 0 Å². The molecule has 2 amide bonds. The predicted octanol–water partition coefficient (Wildman–Crippen LogP) is 1.41. The lowest BCUT2D eigenvalue weighted by Crippen LogP contribution is -2.42. The maximum Gasteiger partial charge on any atom is 0.262 e. The van der Waals surface area contributed by atoms with Crippen molar-refractivity contribution in [2.45, 2.75) is 31.3 Å². The Morgan fingerprint density at radius 1 is 1.22 bits per heavy atom. The third kappa shape index (κ3) is 2.88. The number of nitrogens with one attached hydrogen (secondary N) is 2. The summed E-state index contributed by atoms with van der Waals surface area (Å²) < 4.78 is 5.34. The zero-order valence-corrected chi connectivity index (χ0v) is 13.5. The van der Waals surface area contributed by atoms with Crippen molar-refractivity contribution in [2.24, 2.45) is 0 Å². The summed E-state index contributed by atoms with van der Waals surface area (Å²) in [5, 5.41) is 6.16. The van der Waals surface area contributed by atoms with Crippen LogP contribution in [0.4, 0.5) is 5.69 Å². The van der Waals surface area contributed by atoms with Crippen molar-refractivity contribution >= 4 is 29.9 Å². The van der Waals surface area contributed by atoms with Gasteiger partial charge in [-0.2, -0.15) is 0 Å². The lowest BCUT2D eigenvalue weighted by atomic mass is 10.1. The minimum Gasteiger partial charge on any atom is -0.482 e. The molecule has 3 aliphatic rings. The van der Waals surface area contributed by atoms with Gasteiger partial charge in [-0.15, -0.1) is 12.4 Å². The average Bonchev–Trinajstić information content (AvgIpc) is 2.78. The smallest absolute Gasteiger partial charge is 0.262 e. The number of nitrogens with zero attached hydrogens (tertiary/aromatic N) is 1. The fourth-order valence-corrected chi connectivity index (χ4v) is 3.68. The van der Waals surface area contributed by atoms with Crippen molar-refractivity contribution in [1.29, 1.82) is 0 Å². The molecule has 1 aromatic carbocycles. The number of hydrogen-bond donors (Lipinski definition) is 2. The van der Waals surface area contributed by atoms with E-state index in [4.69, 9.17) is 4.74 Å². The zero-order valence-electron chi connectivity index (χ0n) is 12.7. The molecule has 4 rings (SSSR count). The number of anilines is 1. The molecule has 3 heterocycles. The Bertz CT molecular complexity index is 623. The number of hydrogen-bond acceptors (Lipinski definition) is 4. The van der Waals surface area contributed by atoms with E-state index in [0.29, 0.717) is 23.0 Å². The number of fused-ring (bicyclic) bond motifs is 3. The van der Waals surface area contributed by atoms with E-state index < -0.39 is 0 Å². The number of carbonyl (C=O) groups is 2. The SMILES string of the molecule is Cl.O=C1COc2ccc(C(=O)N3C4CCNCC3CC4)cc2N1. The second-order valence-corrected chi connectivity index (χ2v) is 6.14. The van der Waals surface area contributed by atoms with Gasteiger partial charge in [0.25, 0.3) is 11.8 Å². The number of benzene rings is 1. The van der Waals surface area contributed by atoms with Crippen molar-refractivity contribution < 1.29 is 14.3 Å². The van der Waals surface area contributed by atoms with Gasteiger partial charge in [0, 0.05) is 24.2 Å². The van der Waals surface area contributed by atoms with Gasteiger partial charge in [-0.25, -0.2) is 0 Å². The Kier molecular flexibility index (Phi) is 4.46. The van der Waals surface area contributed by atoms with Crippen LogP contribution < -0.4 is 15.4 Å². The summed E-state index contributed by atoms with van der Waals surface area (Å²) in [5.74, 6) is 0.492. The van der Waals surface area contributed by atoms with Gasteiger partial charge in [0.05, 0.1) is 5.69 Å². The van der Waals surface area contributed by atoms with E-state index in [2.05, 4.69) is 10.6 Å². The summed E-state index contributed by atoms with van der Waals surface area (Å²) in [5.41, 5.74) is 1.20. The van der Waals surface area contributed by atoms with Gasteiger partial charge in [0.1, 0.15) is 5.75 Å². The van der Waals surface area contributed by atoms with Crippen molar-refractivity contribution in [3.63, 3.8) is 0 Å². The number of amides is 2. The quantitative estimate of drug-likeness (QED) is 0.813. The Labute approximate surface area is 141 Å². The largest absolute Gasteiger partial charge is 0.482 e. The van der Waals surface area contributed by atoms with Crippen molar-refractivity contribution in [2.75, 3.05) is 25.0 Å². The monoisotopic (exact) mass is 337 g/mol. The normalized spacial score (nSPS) is 25.6. The van der Waals surface area contributed by atoms with E-state index in [9.17, 15) is 9.59 Å². The topological polar surface area (TPSA) is 70.7 Å². The van der Waals surface area contributed by atoms with Crippen molar-refractivity contribution in [3.8, 4) is 5.75 Å². The minimum atomic E-state index is -0.184. The zero-order chi connectivity index (χ0) is 15.1. The fraction of sp³-hybridized carbons (Fsp3) is 0.500. The van der Waals surface area contributed by atoms with Crippen LogP contribution in [0.3, 0.4) is 0 Å². The van der Waals surface area contributed by atoms with Crippen LogP contribution in [-0.4, -0.2) is 48.5 Å². The van der Waals surface area contributed by atoms with Crippen molar-refractivity contribution in [1.82, 2.24) is 10.2 Å². The van der Waals surface area contributed by atoms with Crippen LogP contribution in [0.2, 0.25) is 0 Å². The number of halogens is 1. The van der Waals surface area contributed by atoms with E-state index in [-0.39, 0.29) is 36.9 Å². The molecule has 0 saturated carbocycles. The Morgan fingerprint density at radius 2 is 2.04 bits per heavy atom. The van der Waals surface area contributed by atoms with Gasteiger partial charge in [-0.3, -0.25) is 9.59 Å². The third-order valence-electron chi connectivity index (χ3n) is 4.75. The van der Waals surface area contributed by atoms with Crippen LogP contribution in [0.1, 0.15) is 29.6 Å². The fourth-order valence-electron chi connectivity index (χ4n) is 3.68. The van der Waals surface area contributed by atoms with Crippen LogP contribution >= 0.6 is 12.4 Å². The molecule has 0 radical (unpaired) electrons. The number of carbonyl (C=O) groups excluding carboxylic acids is 2. The van der Waals surface area contributed by atoms with Gasteiger partial charge in [0.2, 0.25) is 0 Å². The summed E-state index contributed by atoms with van der Waals surface area (Å²) in [7, 11) is 0. The van der Waals surface area contributed by atoms with Gasteiger partial charge in [0.15, 0.2) is 6.61 Å². The molecule has 2 fully saturated rings. The first kappa shape index (κ1) is 16.1. The van der Waals surface area contributed by atoms with Crippen LogP contribution in [-0.2, 0) is 4.79 Å². The summed E-state index contributed by atoms with van der Waals surface area (Å²) in [4.78, 5) is 26.4. The molecule has 0 aliphatic carbocycles. The lowest BCUT2D eigenvalue weighted by Gasteiger charge is -2.28. The van der Waals surface area contributed by atoms with Crippen LogP contribution in [0, 0.1) is 0 Å². The molecule has 0 aromatic heterocycles. The first-order chi connectivity index (χ1) is 10.7. The second kappa shape index (κ2) is 6.37. The van der Waals surface area contributed by atoms with Crippen LogP contribution in [0.25, 0.3) is 0 Å². The first-order valence-electron chi connectivity index (χ1n) is 7.82. The molecule has 3 aliphatic heterocycles. The predicted molar refractivity (Wildman–Crippen MR) is 88.3 cm³/mol. The third-order valence-corrected chi connectivity index (χ3v) is 4.75. The Morgan fingerprint density at radius 3 is 2.91 bits per heavy atom. The first-order valence-corrected chi connectivity index (χ1v) is 7.82. The van der Waals surface area contributed by atoms with Crippen LogP contribution in [0.15, 0.2) is 18.2 Å². The molecule has 2 saturated heterocycles. The molecule has 2 atom stereocenters. The molecule has 2 N–H and O–H groups in total. The summed E-state index contributed by atoms with van der Waals surface area (Å²) >= 11 is 0. The molecule has 7 heteroatoms. The Hall–Kier alpha value is -1.79. The molecule has 124 valence electrons. The highest BCUT2D eigenvalue weighted by Gasteiger charge is 2.38. The highest BCUT2D eigenvalue weighted by molar-refractivity contribution is 6.00. The summed E-state index contributed by atoms with van der Waals surface area (Å²) in [6.07, 6.45) is 3.16. The van der Waals surface area contributed by atoms with Gasteiger partial charge in [-0.1, -0.05) is 0 Å². The molecule has 6 nitrogen and oxygen atoms in total. The minimum absolute atomic E-state index is 0. The van der Waals surface area contributed by atoms with Crippen molar-refractivity contribution in [3.05, 3.63) is 23.8 Å². The molecular formula is C16H20ClN3O3. The molecule has 0 spiro atoms. The van der Waals surface area contributed by atoms with Crippen LogP contribution in [0.5, 0.6) is 5.75 Å². The van der Waals surface area contributed by atoms with E-state index in [0.717, 1.165) is 32.4 Å². The highest BCUT2D eigenvalue weighted by atomic mass is 35.5. The molecule has 23 heavy (non-hydrogen) atoms. The van der Waals surface area contributed by atoms with E-state index in [1.165, 1.54) is 0 Å². The lowest BCUT2D eigenvalue weighted by molar-refractivity contribution is -0.118. The molecule has 1 aromatic rings. The standard InChI is InChI=1S/C16H19N3O3.ClH/c20-15-9-22-14-4-1-10(7-13(14)18-15)16(21)19-11-2-3-12(19)8-17-6-5-11;/h1,4,7,11-12,17H,2-3,5-6,8-9H2,(H,18,20);1H.